The molecule has 0 saturated carbocycles. The topological polar surface area (TPSA) is 122 Å². The predicted molar refractivity (Wildman–Crippen MR) is 136 cm³/mol. The highest BCUT2D eigenvalue weighted by atomic mass is 32.2. The van der Waals surface area contributed by atoms with Gasteiger partial charge in [-0.25, -0.2) is 22.9 Å². The Labute approximate surface area is 209 Å². The largest absolute Gasteiger partial charge is 0.441 e. The van der Waals surface area contributed by atoms with Gasteiger partial charge in [0.25, 0.3) is 10.0 Å². The summed E-state index contributed by atoms with van der Waals surface area (Å²) >= 11 is 0. The van der Waals surface area contributed by atoms with Crippen LogP contribution < -0.4 is 14.9 Å². The van der Waals surface area contributed by atoms with Crippen molar-refractivity contribution in [1.29, 1.82) is 0 Å². The first-order valence-corrected chi connectivity index (χ1v) is 12.7. The molecule has 1 unspecified atom stereocenters. The van der Waals surface area contributed by atoms with Gasteiger partial charge in [-0.3, -0.25) is 4.79 Å². The second-order valence-electron chi connectivity index (χ2n) is 8.37. The fourth-order valence-electron chi connectivity index (χ4n) is 3.87. The number of aromatic nitrogens is 1. The summed E-state index contributed by atoms with van der Waals surface area (Å²) < 4.78 is 33.1. The van der Waals surface area contributed by atoms with Gasteiger partial charge in [0, 0.05) is 32.1 Å². The summed E-state index contributed by atoms with van der Waals surface area (Å²) in [6.07, 6.45) is 0.158. The van der Waals surface area contributed by atoms with E-state index >= 15 is 0 Å². The van der Waals surface area contributed by atoms with Crippen LogP contribution in [0.4, 0.5) is 10.5 Å². The lowest BCUT2D eigenvalue weighted by atomic mass is 10.0. The van der Waals surface area contributed by atoms with E-state index in [2.05, 4.69) is 10.3 Å². The number of rotatable bonds is 7. The number of hydrogen-bond donors (Lipinski definition) is 2. The van der Waals surface area contributed by atoms with Gasteiger partial charge in [-0.1, -0.05) is 48.5 Å². The molecule has 4 aromatic rings. The van der Waals surface area contributed by atoms with Crippen molar-refractivity contribution in [1.82, 2.24) is 15.0 Å². The molecule has 0 spiro atoms. The Morgan fingerprint density at radius 2 is 1.69 bits per heavy atom. The Balaban J connectivity index is 1.57. The number of benzene rings is 3. The summed E-state index contributed by atoms with van der Waals surface area (Å²) in [5, 5.41) is 2.55. The molecular weight excluding hydrogens is 480 g/mol. The molecule has 3 amide bonds. The van der Waals surface area contributed by atoms with Gasteiger partial charge in [-0.2, -0.15) is 0 Å². The number of carbonyl (C=O) groups is 2. The van der Waals surface area contributed by atoms with Crippen molar-refractivity contribution in [3.8, 4) is 0 Å². The second kappa shape index (κ2) is 10.2. The highest BCUT2D eigenvalue weighted by molar-refractivity contribution is 7.90. The van der Waals surface area contributed by atoms with E-state index in [1.807, 2.05) is 35.1 Å². The molecule has 0 aliphatic heterocycles. The maximum absolute atomic E-state index is 13.5. The van der Waals surface area contributed by atoms with Crippen LogP contribution in [0.1, 0.15) is 17.0 Å². The van der Waals surface area contributed by atoms with Crippen LogP contribution >= 0.6 is 0 Å². The minimum absolute atomic E-state index is 0.0149. The van der Waals surface area contributed by atoms with Gasteiger partial charge in [0.15, 0.2) is 11.5 Å². The molecule has 186 valence electrons. The number of likely N-dealkylation sites (N-methyl/N-ethyl adjacent to an activating group) is 1. The number of nitrogens with zero attached hydrogens (tertiary/aromatic N) is 2. The van der Waals surface area contributed by atoms with Crippen LogP contribution in [-0.4, -0.2) is 38.4 Å². The zero-order valence-electron chi connectivity index (χ0n) is 20.1. The average Bonchev–Trinajstić information content (AvgIpc) is 3.22. The van der Waals surface area contributed by atoms with E-state index in [4.69, 9.17) is 4.42 Å². The highest BCUT2D eigenvalue weighted by Crippen LogP contribution is 2.23. The molecule has 0 bridgehead atoms. The Morgan fingerprint density at radius 3 is 2.42 bits per heavy atom. The maximum Gasteiger partial charge on any atom is 0.329 e. The van der Waals surface area contributed by atoms with Gasteiger partial charge in [-0.05, 0) is 36.2 Å². The molecule has 0 aliphatic rings. The summed E-state index contributed by atoms with van der Waals surface area (Å²) in [5.74, 6) is 0.0733. The van der Waals surface area contributed by atoms with Gasteiger partial charge in [0.05, 0.1) is 4.90 Å². The molecule has 3 aromatic carbocycles. The van der Waals surface area contributed by atoms with Crippen LogP contribution in [0.25, 0.3) is 11.1 Å². The molecule has 1 aromatic heterocycles. The summed E-state index contributed by atoms with van der Waals surface area (Å²) in [7, 11) is -2.56. The van der Waals surface area contributed by atoms with Crippen LogP contribution in [0.15, 0.2) is 82.1 Å². The number of carbonyl (C=O) groups excluding carboxylic acids is 2. The fourth-order valence-corrected chi connectivity index (χ4v) is 5.03. The first-order valence-electron chi connectivity index (χ1n) is 11.2. The summed E-state index contributed by atoms with van der Waals surface area (Å²) in [6, 6.07) is 18.6. The van der Waals surface area contributed by atoms with Crippen LogP contribution in [0.2, 0.25) is 0 Å². The van der Waals surface area contributed by atoms with Crippen LogP contribution in [0.5, 0.6) is 0 Å². The molecule has 0 saturated heterocycles. The van der Waals surface area contributed by atoms with Crippen molar-refractivity contribution in [2.45, 2.75) is 31.2 Å². The maximum atomic E-state index is 13.5. The number of oxazole rings is 1. The van der Waals surface area contributed by atoms with E-state index in [0.717, 1.165) is 5.56 Å². The summed E-state index contributed by atoms with van der Waals surface area (Å²) in [4.78, 5) is 31.9. The quantitative estimate of drug-likeness (QED) is 0.394. The second-order valence-corrected chi connectivity index (χ2v) is 10.0. The first kappa shape index (κ1) is 24.9. The van der Waals surface area contributed by atoms with E-state index in [9.17, 15) is 18.0 Å². The Kier molecular flexibility index (Phi) is 7.07. The standard InChI is InChI=1S/C26H26N4O5S/c1-17-9-7-8-12-24(17)36(33,34)29-26(32)28-22(15-19-10-5-4-6-11-19)25(31)30(3)20-13-14-21-23(16-20)35-18(2)27-21/h4-14,16,22H,15H2,1-3H3,(H2,28,29,32). The molecule has 36 heavy (non-hydrogen) atoms. The number of aryl methyl sites for hydroxylation is 2. The SMILES string of the molecule is Cc1nc2ccc(N(C)C(=O)C(Cc3ccccc3)NC(=O)NS(=O)(=O)c3ccccc3C)cc2o1. The van der Waals surface area contributed by atoms with E-state index in [0.29, 0.717) is 28.2 Å². The van der Waals surface area contributed by atoms with Crippen molar-refractivity contribution in [3.05, 3.63) is 89.8 Å². The number of urea groups is 1. The Hall–Kier alpha value is -4.18. The predicted octanol–water partition coefficient (Wildman–Crippen LogP) is 3.71. The van der Waals surface area contributed by atoms with E-state index in [1.54, 1.807) is 57.3 Å². The highest BCUT2D eigenvalue weighted by Gasteiger charge is 2.28. The van der Waals surface area contributed by atoms with Gasteiger partial charge >= 0.3 is 6.03 Å². The van der Waals surface area contributed by atoms with E-state index in [-0.39, 0.29) is 11.3 Å². The molecule has 0 aliphatic carbocycles. The Bertz CT molecular complexity index is 1520. The summed E-state index contributed by atoms with van der Waals surface area (Å²) in [5.41, 5.74) is 3.02. The minimum atomic E-state index is -4.14. The summed E-state index contributed by atoms with van der Waals surface area (Å²) in [6.45, 7) is 3.37. The van der Waals surface area contributed by atoms with E-state index in [1.165, 1.54) is 11.0 Å². The number of anilines is 1. The third-order valence-corrected chi connectivity index (χ3v) is 7.18. The molecule has 2 N–H and O–H groups in total. The minimum Gasteiger partial charge on any atom is -0.441 e. The lowest BCUT2D eigenvalue weighted by molar-refractivity contribution is -0.120. The first-order chi connectivity index (χ1) is 17.1. The lowest BCUT2D eigenvalue weighted by Crippen LogP contribution is -2.52. The molecule has 9 nitrogen and oxygen atoms in total. The molecule has 10 heteroatoms. The van der Waals surface area contributed by atoms with Crippen molar-refractivity contribution in [3.63, 3.8) is 0 Å². The van der Waals surface area contributed by atoms with Crippen LogP contribution in [0, 0.1) is 13.8 Å². The smallest absolute Gasteiger partial charge is 0.329 e. The molecule has 0 fully saturated rings. The van der Waals surface area contributed by atoms with Crippen molar-refractivity contribution in [2.75, 3.05) is 11.9 Å². The van der Waals surface area contributed by atoms with Gasteiger partial charge < -0.3 is 14.6 Å². The zero-order chi connectivity index (χ0) is 25.9. The number of nitrogens with one attached hydrogen (secondary N) is 2. The van der Waals surface area contributed by atoms with Gasteiger partial charge in [0.1, 0.15) is 11.6 Å². The van der Waals surface area contributed by atoms with Crippen molar-refractivity contribution in [2.24, 2.45) is 0 Å². The average molecular weight is 507 g/mol. The molecule has 1 heterocycles. The monoisotopic (exact) mass is 506 g/mol. The van der Waals surface area contributed by atoms with Crippen LogP contribution in [0.3, 0.4) is 0 Å². The fraction of sp³-hybridized carbons (Fsp3) is 0.192. The number of fused-ring (bicyclic) bond motifs is 1. The third-order valence-electron chi connectivity index (χ3n) is 5.69. The van der Waals surface area contributed by atoms with E-state index < -0.39 is 28.0 Å². The molecule has 4 rings (SSSR count). The zero-order valence-corrected chi connectivity index (χ0v) is 20.9. The third kappa shape index (κ3) is 5.55. The Morgan fingerprint density at radius 1 is 1.00 bits per heavy atom. The van der Waals surface area contributed by atoms with Crippen molar-refractivity contribution >= 4 is 38.7 Å². The van der Waals surface area contributed by atoms with Crippen LogP contribution in [-0.2, 0) is 21.2 Å². The van der Waals surface area contributed by atoms with Crippen molar-refractivity contribution < 1.29 is 22.4 Å². The number of amides is 3. The molecule has 1 atom stereocenters. The lowest BCUT2D eigenvalue weighted by Gasteiger charge is -2.25. The van der Waals surface area contributed by atoms with Gasteiger partial charge in [-0.15, -0.1) is 0 Å². The normalized spacial score (nSPS) is 12.2. The molecular formula is C26H26N4O5S. The number of hydrogen-bond acceptors (Lipinski definition) is 6. The molecule has 0 radical (unpaired) electrons. The van der Waals surface area contributed by atoms with Gasteiger partial charge in [0.2, 0.25) is 5.91 Å². The number of sulfonamides is 1.